The SMILES string of the molecule is Cc1cc(C)c2oc(C(=O)Nc3ccccc3Br)cc(=O)c2c1. The van der Waals surface area contributed by atoms with Gasteiger partial charge < -0.3 is 9.73 Å². The van der Waals surface area contributed by atoms with Crippen molar-refractivity contribution in [1.29, 1.82) is 0 Å². The molecule has 0 aliphatic heterocycles. The fraction of sp³-hybridized carbons (Fsp3) is 0.111. The second kappa shape index (κ2) is 6.01. The number of rotatable bonds is 2. The number of carbonyl (C=O) groups is 1. The van der Waals surface area contributed by atoms with E-state index in [0.29, 0.717) is 16.7 Å². The number of nitrogens with one attached hydrogen (secondary N) is 1. The first-order valence-corrected chi connectivity index (χ1v) is 7.86. The lowest BCUT2D eigenvalue weighted by molar-refractivity contribution is 0.0997. The number of para-hydroxylation sites is 1. The fourth-order valence-electron chi connectivity index (χ4n) is 2.47. The topological polar surface area (TPSA) is 59.3 Å². The summed E-state index contributed by atoms with van der Waals surface area (Å²) < 4.78 is 6.43. The van der Waals surface area contributed by atoms with Crippen molar-refractivity contribution in [2.45, 2.75) is 13.8 Å². The third kappa shape index (κ3) is 3.05. The van der Waals surface area contributed by atoms with Crippen molar-refractivity contribution in [1.82, 2.24) is 0 Å². The first-order chi connectivity index (χ1) is 11.0. The molecule has 0 fully saturated rings. The van der Waals surface area contributed by atoms with Crippen molar-refractivity contribution in [3.8, 4) is 0 Å². The van der Waals surface area contributed by atoms with E-state index in [0.717, 1.165) is 15.6 Å². The molecule has 0 radical (unpaired) electrons. The number of halogens is 1. The normalized spacial score (nSPS) is 10.7. The van der Waals surface area contributed by atoms with Gasteiger partial charge in [-0.25, -0.2) is 0 Å². The van der Waals surface area contributed by atoms with Gasteiger partial charge in [0, 0.05) is 10.5 Å². The zero-order valence-corrected chi connectivity index (χ0v) is 14.2. The molecule has 0 bridgehead atoms. The predicted molar refractivity (Wildman–Crippen MR) is 94.1 cm³/mol. The minimum absolute atomic E-state index is 0.00907. The molecule has 0 atom stereocenters. The molecule has 1 amide bonds. The second-order valence-electron chi connectivity index (χ2n) is 5.37. The molecule has 4 nitrogen and oxygen atoms in total. The standard InChI is InChI=1S/C18H14BrNO3/c1-10-7-11(2)17-12(8-10)15(21)9-16(23-17)18(22)20-14-6-4-3-5-13(14)19/h3-9H,1-2H3,(H,20,22). The number of benzene rings is 2. The molecule has 23 heavy (non-hydrogen) atoms. The molecule has 3 rings (SSSR count). The molecule has 116 valence electrons. The van der Waals surface area contributed by atoms with Crippen LogP contribution < -0.4 is 10.7 Å². The van der Waals surface area contributed by atoms with Crippen LogP contribution in [0.5, 0.6) is 0 Å². The smallest absolute Gasteiger partial charge is 0.291 e. The lowest BCUT2D eigenvalue weighted by atomic mass is 10.1. The van der Waals surface area contributed by atoms with Crippen molar-refractivity contribution < 1.29 is 9.21 Å². The van der Waals surface area contributed by atoms with E-state index in [1.165, 1.54) is 6.07 Å². The summed E-state index contributed by atoms with van der Waals surface area (Å²) in [6.07, 6.45) is 0. The summed E-state index contributed by atoms with van der Waals surface area (Å²) in [5, 5.41) is 3.22. The van der Waals surface area contributed by atoms with Crippen molar-refractivity contribution in [2.24, 2.45) is 0 Å². The third-order valence-electron chi connectivity index (χ3n) is 3.50. The molecule has 0 unspecified atom stereocenters. The van der Waals surface area contributed by atoms with Gasteiger partial charge in [-0.3, -0.25) is 9.59 Å². The van der Waals surface area contributed by atoms with Gasteiger partial charge >= 0.3 is 0 Å². The lowest BCUT2D eigenvalue weighted by Gasteiger charge is -2.08. The Kier molecular flexibility index (Phi) is 4.05. The second-order valence-corrected chi connectivity index (χ2v) is 6.22. The van der Waals surface area contributed by atoms with Gasteiger partial charge in [0.15, 0.2) is 11.2 Å². The first kappa shape index (κ1) is 15.5. The Labute approximate surface area is 141 Å². The first-order valence-electron chi connectivity index (χ1n) is 7.06. The highest BCUT2D eigenvalue weighted by atomic mass is 79.9. The Morgan fingerprint density at radius 1 is 1.13 bits per heavy atom. The molecule has 0 saturated carbocycles. The maximum Gasteiger partial charge on any atom is 0.291 e. The molecule has 2 aromatic carbocycles. The Hall–Kier alpha value is -2.40. The lowest BCUT2D eigenvalue weighted by Crippen LogP contribution is -2.15. The number of anilines is 1. The van der Waals surface area contributed by atoms with Gasteiger partial charge in [-0.1, -0.05) is 18.2 Å². The van der Waals surface area contributed by atoms with E-state index in [1.807, 2.05) is 38.1 Å². The zero-order chi connectivity index (χ0) is 16.6. The maximum absolute atomic E-state index is 12.4. The molecule has 0 aliphatic rings. The summed E-state index contributed by atoms with van der Waals surface area (Å²) in [6.45, 7) is 3.77. The molecule has 0 spiro atoms. The Morgan fingerprint density at radius 2 is 1.87 bits per heavy atom. The molecule has 5 heteroatoms. The molecule has 1 N–H and O–H groups in total. The number of carbonyl (C=O) groups excluding carboxylic acids is 1. The molecule has 0 aliphatic carbocycles. The van der Waals surface area contributed by atoms with Crippen LogP contribution in [-0.4, -0.2) is 5.91 Å². The minimum atomic E-state index is -0.462. The highest BCUT2D eigenvalue weighted by Crippen LogP contribution is 2.23. The van der Waals surface area contributed by atoms with Crippen LogP contribution in [0.15, 0.2) is 56.1 Å². The van der Waals surface area contributed by atoms with Gasteiger partial charge in [-0.15, -0.1) is 0 Å². The summed E-state index contributed by atoms with van der Waals surface area (Å²) in [4.78, 5) is 24.7. The van der Waals surface area contributed by atoms with Gasteiger partial charge in [-0.05, 0) is 59.1 Å². The summed E-state index contributed by atoms with van der Waals surface area (Å²) in [6, 6.07) is 12.2. The molecule has 1 aromatic heterocycles. The zero-order valence-electron chi connectivity index (χ0n) is 12.6. The van der Waals surface area contributed by atoms with Crippen molar-refractivity contribution in [3.63, 3.8) is 0 Å². The van der Waals surface area contributed by atoms with E-state index in [1.54, 1.807) is 12.1 Å². The van der Waals surface area contributed by atoms with Crippen LogP contribution in [0.25, 0.3) is 11.0 Å². The number of hydrogen-bond acceptors (Lipinski definition) is 3. The van der Waals surface area contributed by atoms with E-state index >= 15 is 0 Å². The monoisotopic (exact) mass is 371 g/mol. The predicted octanol–water partition coefficient (Wildman–Crippen LogP) is 4.42. The van der Waals surface area contributed by atoms with Crippen molar-refractivity contribution >= 4 is 38.5 Å². The fourth-order valence-corrected chi connectivity index (χ4v) is 2.85. The quantitative estimate of drug-likeness (QED) is 0.724. The highest BCUT2D eigenvalue weighted by Gasteiger charge is 2.15. The number of hydrogen-bond donors (Lipinski definition) is 1. The summed E-state index contributed by atoms with van der Waals surface area (Å²) in [5.74, 6) is -0.471. The number of aryl methyl sites for hydroxylation is 2. The molecule has 0 saturated heterocycles. The van der Waals surface area contributed by atoms with Crippen LogP contribution in [0.1, 0.15) is 21.7 Å². The summed E-state index contributed by atoms with van der Waals surface area (Å²) in [5.41, 5.74) is 2.64. The maximum atomic E-state index is 12.4. The van der Waals surface area contributed by atoms with Crippen LogP contribution in [-0.2, 0) is 0 Å². The van der Waals surface area contributed by atoms with Gasteiger partial charge in [0.05, 0.1) is 11.1 Å². The largest absolute Gasteiger partial charge is 0.450 e. The van der Waals surface area contributed by atoms with Gasteiger partial charge in [-0.2, -0.15) is 0 Å². The average Bonchev–Trinajstić information content (AvgIpc) is 2.50. The van der Waals surface area contributed by atoms with Gasteiger partial charge in [0.2, 0.25) is 0 Å². The average molecular weight is 372 g/mol. The Morgan fingerprint density at radius 3 is 2.61 bits per heavy atom. The van der Waals surface area contributed by atoms with Crippen LogP contribution in [0.3, 0.4) is 0 Å². The van der Waals surface area contributed by atoms with Crippen LogP contribution >= 0.6 is 15.9 Å². The number of fused-ring (bicyclic) bond motifs is 1. The molecule has 1 heterocycles. The van der Waals surface area contributed by atoms with Crippen molar-refractivity contribution in [2.75, 3.05) is 5.32 Å². The van der Waals surface area contributed by atoms with E-state index in [-0.39, 0.29) is 11.2 Å². The Bertz CT molecular complexity index is 976. The van der Waals surface area contributed by atoms with Crippen LogP contribution in [0.4, 0.5) is 5.69 Å². The van der Waals surface area contributed by atoms with E-state index < -0.39 is 5.91 Å². The van der Waals surface area contributed by atoms with E-state index in [4.69, 9.17) is 4.42 Å². The summed E-state index contributed by atoms with van der Waals surface area (Å²) in [7, 11) is 0. The van der Waals surface area contributed by atoms with Gasteiger partial charge in [0.1, 0.15) is 5.58 Å². The Balaban J connectivity index is 2.05. The van der Waals surface area contributed by atoms with Gasteiger partial charge in [0.25, 0.3) is 5.91 Å². The summed E-state index contributed by atoms with van der Waals surface area (Å²) >= 11 is 3.36. The highest BCUT2D eigenvalue weighted by molar-refractivity contribution is 9.10. The molecule has 3 aromatic rings. The van der Waals surface area contributed by atoms with Crippen molar-refractivity contribution in [3.05, 3.63) is 74.0 Å². The molecular weight excluding hydrogens is 358 g/mol. The minimum Gasteiger partial charge on any atom is -0.450 e. The molecular formula is C18H14BrNO3. The van der Waals surface area contributed by atoms with E-state index in [9.17, 15) is 9.59 Å². The third-order valence-corrected chi connectivity index (χ3v) is 4.20. The van der Waals surface area contributed by atoms with E-state index in [2.05, 4.69) is 21.2 Å². The van der Waals surface area contributed by atoms with Crippen LogP contribution in [0, 0.1) is 13.8 Å². The van der Waals surface area contributed by atoms with Crippen LogP contribution in [0.2, 0.25) is 0 Å². The number of amides is 1.